The van der Waals surface area contributed by atoms with Crippen molar-refractivity contribution < 1.29 is 9.53 Å². The number of aromatic nitrogens is 3. The molecule has 0 fully saturated rings. The van der Waals surface area contributed by atoms with Crippen molar-refractivity contribution >= 4 is 34.8 Å². The van der Waals surface area contributed by atoms with Crippen LogP contribution in [0.25, 0.3) is 16.8 Å². The molecule has 0 bridgehead atoms. The van der Waals surface area contributed by atoms with E-state index in [1.54, 1.807) is 12.1 Å². The van der Waals surface area contributed by atoms with E-state index in [1.807, 2.05) is 47.8 Å². The number of ether oxygens (including phenoxy) is 1. The molecule has 1 aliphatic heterocycles. The molecule has 4 aromatic rings. The first kappa shape index (κ1) is 22.8. The van der Waals surface area contributed by atoms with E-state index in [-0.39, 0.29) is 5.91 Å². The lowest BCUT2D eigenvalue weighted by Gasteiger charge is -2.10. The monoisotopic (exact) mass is 496 g/mol. The zero-order chi connectivity index (χ0) is 23.7. The Kier molecular flexibility index (Phi) is 6.53. The molecule has 6 nitrogen and oxygen atoms in total. The van der Waals surface area contributed by atoms with Crippen LogP contribution in [0.1, 0.15) is 48.1 Å². The summed E-state index contributed by atoms with van der Waals surface area (Å²) >= 11 is 12.2. The molecule has 0 radical (unpaired) electrons. The number of halogens is 2. The summed E-state index contributed by atoms with van der Waals surface area (Å²) in [7, 11) is 0. The number of aryl methyl sites for hydroxylation is 2. The fourth-order valence-corrected chi connectivity index (χ4v) is 4.80. The molecule has 176 valence electrons. The molecule has 5 rings (SSSR count). The fourth-order valence-electron chi connectivity index (χ4n) is 4.55. The van der Waals surface area contributed by atoms with E-state index in [0.717, 1.165) is 66.1 Å². The number of rotatable bonds is 7. The summed E-state index contributed by atoms with van der Waals surface area (Å²) in [5.74, 6) is 1.39. The number of amides is 1. The molecule has 2 aromatic heterocycles. The second-order valence-corrected chi connectivity index (χ2v) is 9.34. The molecule has 0 unspecified atom stereocenters. The summed E-state index contributed by atoms with van der Waals surface area (Å²) in [4.78, 5) is 13.4. The van der Waals surface area contributed by atoms with Crippen LogP contribution in [0, 0.1) is 0 Å². The van der Waals surface area contributed by atoms with Crippen molar-refractivity contribution in [3.8, 4) is 16.9 Å². The van der Waals surface area contributed by atoms with E-state index in [2.05, 4.69) is 9.88 Å². The zero-order valence-corrected chi connectivity index (χ0v) is 20.5. The van der Waals surface area contributed by atoms with Crippen LogP contribution in [-0.4, -0.2) is 26.6 Å². The van der Waals surface area contributed by atoms with Gasteiger partial charge >= 0.3 is 0 Å². The number of carbonyl (C=O) groups excluding carboxylic acids is 1. The topological polar surface area (TPSA) is 60.6 Å². The highest BCUT2D eigenvalue weighted by Crippen LogP contribution is 2.37. The van der Waals surface area contributed by atoms with Gasteiger partial charge in [-0.2, -0.15) is 0 Å². The molecule has 3 heterocycles. The number of hydrogen-bond donors (Lipinski definition) is 1. The first-order chi connectivity index (χ1) is 16.6. The van der Waals surface area contributed by atoms with E-state index in [9.17, 15) is 4.79 Å². The maximum atomic E-state index is 13.4. The Morgan fingerprint density at radius 2 is 1.76 bits per heavy atom. The van der Waals surface area contributed by atoms with Gasteiger partial charge in [0.15, 0.2) is 5.82 Å². The van der Waals surface area contributed by atoms with Crippen molar-refractivity contribution in [3.63, 3.8) is 0 Å². The Bertz CT molecular complexity index is 1320. The standard InChI is InChI=1S/C26H26Cl2N4O2/c1-2-14-29-25(33)24-23(17-6-8-18(27)9-7-17)21-5-3-4-15-31-22(30-32(24)26(21)31)16-34-20-12-10-19(28)11-13-20/h6-13H,2-5,14-16H2,1H3,(H,29,33). The molecular formula is C26H26Cl2N4O2. The Labute approximate surface area is 208 Å². The van der Waals surface area contributed by atoms with Crippen LogP contribution in [0.2, 0.25) is 10.0 Å². The molecule has 1 amide bonds. The molecular weight excluding hydrogens is 471 g/mol. The van der Waals surface area contributed by atoms with E-state index < -0.39 is 0 Å². The highest BCUT2D eigenvalue weighted by atomic mass is 35.5. The molecule has 34 heavy (non-hydrogen) atoms. The van der Waals surface area contributed by atoms with E-state index in [4.69, 9.17) is 33.0 Å². The molecule has 0 aliphatic carbocycles. The van der Waals surface area contributed by atoms with E-state index in [0.29, 0.717) is 28.9 Å². The molecule has 0 spiro atoms. The number of nitrogens with zero attached hydrogens (tertiary/aromatic N) is 3. The van der Waals surface area contributed by atoms with Crippen LogP contribution in [0.4, 0.5) is 0 Å². The van der Waals surface area contributed by atoms with Gasteiger partial charge in [0.1, 0.15) is 23.7 Å². The smallest absolute Gasteiger partial charge is 0.270 e. The Morgan fingerprint density at radius 3 is 2.47 bits per heavy atom. The van der Waals surface area contributed by atoms with Crippen LogP contribution >= 0.6 is 23.2 Å². The summed E-state index contributed by atoms with van der Waals surface area (Å²) in [6.45, 7) is 3.78. The minimum atomic E-state index is -0.122. The summed E-state index contributed by atoms with van der Waals surface area (Å²) in [6, 6.07) is 15.0. The highest BCUT2D eigenvalue weighted by molar-refractivity contribution is 6.30. The lowest BCUT2D eigenvalue weighted by Crippen LogP contribution is -2.26. The third-order valence-corrected chi connectivity index (χ3v) is 6.63. The van der Waals surface area contributed by atoms with Crippen molar-refractivity contribution in [1.82, 2.24) is 19.5 Å². The second kappa shape index (κ2) is 9.72. The minimum Gasteiger partial charge on any atom is -0.486 e. The van der Waals surface area contributed by atoms with Crippen LogP contribution in [0.3, 0.4) is 0 Å². The Hall–Kier alpha value is -2.96. The van der Waals surface area contributed by atoms with Gasteiger partial charge in [-0.1, -0.05) is 42.3 Å². The van der Waals surface area contributed by atoms with Crippen LogP contribution in [0.5, 0.6) is 5.75 Å². The van der Waals surface area contributed by atoms with Gasteiger partial charge < -0.3 is 14.6 Å². The molecule has 2 aromatic carbocycles. The average Bonchev–Trinajstić information content (AvgIpc) is 3.24. The van der Waals surface area contributed by atoms with Crippen molar-refractivity contribution in [2.75, 3.05) is 6.54 Å². The number of carbonyl (C=O) groups is 1. The fraction of sp³-hybridized carbons (Fsp3) is 0.308. The van der Waals surface area contributed by atoms with Crippen LogP contribution in [-0.2, 0) is 19.6 Å². The summed E-state index contributed by atoms with van der Waals surface area (Å²) < 4.78 is 10.0. The maximum absolute atomic E-state index is 13.4. The first-order valence-electron chi connectivity index (χ1n) is 11.6. The Morgan fingerprint density at radius 1 is 1.06 bits per heavy atom. The van der Waals surface area contributed by atoms with Gasteiger partial charge in [0.25, 0.3) is 5.91 Å². The normalized spacial score (nSPS) is 13.1. The number of hydrogen-bond acceptors (Lipinski definition) is 3. The molecule has 8 heteroatoms. The van der Waals surface area contributed by atoms with Crippen molar-refractivity contribution in [2.24, 2.45) is 0 Å². The van der Waals surface area contributed by atoms with Crippen LogP contribution in [0.15, 0.2) is 48.5 Å². The highest BCUT2D eigenvalue weighted by Gasteiger charge is 2.30. The predicted molar refractivity (Wildman–Crippen MR) is 135 cm³/mol. The molecule has 1 aliphatic rings. The molecule has 0 saturated carbocycles. The Balaban J connectivity index is 1.63. The largest absolute Gasteiger partial charge is 0.486 e. The van der Waals surface area contributed by atoms with Gasteiger partial charge in [-0.25, -0.2) is 4.52 Å². The number of nitrogens with one attached hydrogen (secondary N) is 1. The minimum absolute atomic E-state index is 0.122. The molecule has 1 N–H and O–H groups in total. The number of benzene rings is 2. The van der Waals surface area contributed by atoms with Crippen molar-refractivity contribution in [1.29, 1.82) is 0 Å². The van der Waals surface area contributed by atoms with Crippen molar-refractivity contribution in [3.05, 3.63) is 75.7 Å². The zero-order valence-electron chi connectivity index (χ0n) is 19.0. The van der Waals surface area contributed by atoms with Crippen molar-refractivity contribution in [2.45, 2.75) is 45.8 Å². The van der Waals surface area contributed by atoms with E-state index in [1.165, 1.54) is 0 Å². The van der Waals surface area contributed by atoms with Gasteiger partial charge in [-0.05, 0) is 67.6 Å². The molecule has 0 saturated heterocycles. The van der Waals surface area contributed by atoms with Gasteiger partial charge in [-0.3, -0.25) is 4.79 Å². The lowest BCUT2D eigenvalue weighted by molar-refractivity contribution is 0.0947. The average molecular weight is 497 g/mol. The summed E-state index contributed by atoms with van der Waals surface area (Å²) in [5, 5.41) is 9.27. The third-order valence-electron chi connectivity index (χ3n) is 6.13. The van der Waals surface area contributed by atoms with Gasteiger partial charge in [0.2, 0.25) is 0 Å². The maximum Gasteiger partial charge on any atom is 0.270 e. The van der Waals surface area contributed by atoms with Gasteiger partial charge in [0.05, 0.1) is 0 Å². The lowest BCUT2D eigenvalue weighted by atomic mass is 9.98. The SMILES string of the molecule is CCCNC(=O)c1c(-c2ccc(Cl)cc2)c2c3n(c(COc4ccc(Cl)cc4)nn13)CCCC2. The predicted octanol–water partition coefficient (Wildman–Crippen LogP) is 6.16. The summed E-state index contributed by atoms with van der Waals surface area (Å²) in [6.07, 6.45) is 3.81. The second-order valence-electron chi connectivity index (χ2n) is 8.47. The third kappa shape index (κ3) is 4.28. The first-order valence-corrected chi connectivity index (χ1v) is 12.4. The van der Waals surface area contributed by atoms with Gasteiger partial charge in [0, 0.05) is 34.3 Å². The van der Waals surface area contributed by atoms with E-state index >= 15 is 0 Å². The van der Waals surface area contributed by atoms with Gasteiger partial charge in [-0.15, -0.1) is 5.10 Å². The summed E-state index contributed by atoms with van der Waals surface area (Å²) in [5.41, 5.74) is 4.59. The molecule has 0 atom stereocenters. The quantitative estimate of drug-likeness (QED) is 0.333. The van der Waals surface area contributed by atoms with Crippen LogP contribution < -0.4 is 10.1 Å².